The van der Waals surface area contributed by atoms with Crippen LogP contribution in [0.4, 0.5) is 13.2 Å². The Labute approximate surface area is 139 Å². The van der Waals surface area contributed by atoms with E-state index in [0.29, 0.717) is 24.4 Å². The van der Waals surface area contributed by atoms with Crippen LogP contribution in [0.2, 0.25) is 0 Å². The van der Waals surface area contributed by atoms with Crippen LogP contribution < -0.4 is 11.1 Å². The number of carbonyl (C=O) groups excluding carboxylic acids is 1. The number of nitrogens with one attached hydrogen (secondary N) is 1. The number of halogens is 3. The summed E-state index contributed by atoms with van der Waals surface area (Å²) in [5.74, 6) is -2.69. The van der Waals surface area contributed by atoms with Crippen LogP contribution in [0.25, 0.3) is 0 Å². The van der Waals surface area contributed by atoms with E-state index in [0.717, 1.165) is 19.9 Å². The molecule has 1 aliphatic carbocycles. The number of alkyl halides is 3. The van der Waals surface area contributed by atoms with Crippen LogP contribution in [0.1, 0.15) is 25.3 Å². The van der Waals surface area contributed by atoms with Gasteiger partial charge in [0.2, 0.25) is 5.91 Å². The number of fused-ring (bicyclic) bond motifs is 1. The summed E-state index contributed by atoms with van der Waals surface area (Å²) in [6.07, 6.45) is -3.04. The molecular formula is C18H23F3N2O. The van der Waals surface area contributed by atoms with Crippen molar-refractivity contribution < 1.29 is 18.0 Å². The fourth-order valence-corrected chi connectivity index (χ4v) is 5.01. The summed E-state index contributed by atoms with van der Waals surface area (Å²) in [5.41, 5.74) is 4.38. The maximum absolute atomic E-state index is 13.8. The molecule has 5 unspecified atom stereocenters. The van der Waals surface area contributed by atoms with Gasteiger partial charge in [0, 0.05) is 0 Å². The maximum atomic E-state index is 13.8. The lowest BCUT2D eigenvalue weighted by Crippen LogP contribution is -2.57. The smallest absolute Gasteiger partial charge is 0.369 e. The van der Waals surface area contributed by atoms with Crippen LogP contribution in [0.5, 0.6) is 0 Å². The Morgan fingerprint density at radius 2 is 1.88 bits per heavy atom. The number of rotatable bonds is 4. The van der Waals surface area contributed by atoms with Crippen molar-refractivity contribution >= 4 is 5.91 Å². The number of primary amides is 1. The zero-order valence-corrected chi connectivity index (χ0v) is 13.6. The van der Waals surface area contributed by atoms with Gasteiger partial charge in [0.05, 0.1) is 11.3 Å². The number of nitrogens with two attached hydrogens (primary N) is 1. The van der Waals surface area contributed by atoms with Crippen molar-refractivity contribution in [2.45, 2.75) is 31.4 Å². The molecule has 6 heteroatoms. The van der Waals surface area contributed by atoms with Crippen molar-refractivity contribution in [2.24, 2.45) is 29.4 Å². The highest BCUT2D eigenvalue weighted by Gasteiger charge is 2.62. The summed E-state index contributed by atoms with van der Waals surface area (Å²) in [6, 6.07) is 8.32. The Bertz CT molecular complexity index is 604. The highest BCUT2D eigenvalue weighted by molar-refractivity contribution is 5.88. The molecule has 3 N–H and O–H groups in total. The third-order valence-corrected chi connectivity index (χ3v) is 6.18. The predicted molar refractivity (Wildman–Crippen MR) is 85.1 cm³/mol. The molecule has 1 saturated heterocycles. The SMILES string of the molecule is CC(C(F)(F)F)C(C(N)=O)(c1ccccc1)C1CCC2CNCC21. The molecule has 1 aliphatic heterocycles. The predicted octanol–water partition coefficient (Wildman–Crippen LogP) is 2.85. The number of benzene rings is 1. The number of carbonyl (C=O) groups is 1. The Kier molecular flexibility index (Phi) is 4.36. The van der Waals surface area contributed by atoms with Crippen LogP contribution in [0.15, 0.2) is 30.3 Å². The fourth-order valence-electron chi connectivity index (χ4n) is 5.01. The molecule has 2 fully saturated rings. The van der Waals surface area contributed by atoms with Crippen LogP contribution in [-0.2, 0) is 10.2 Å². The van der Waals surface area contributed by atoms with Crippen molar-refractivity contribution in [1.29, 1.82) is 0 Å². The molecule has 1 aromatic rings. The molecule has 2 aliphatic rings. The lowest BCUT2D eigenvalue weighted by Gasteiger charge is -2.44. The van der Waals surface area contributed by atoms with Gasteiger partial charge in [0.25, 0.3) is 0 Å². The summed E-state index contributed by atoms with van der Waals surface area (Å²) < 4.78 is 41.3. The van der Waals surface area contributed by atoms with E-state index < -0.39 is 29.3 Å². The first kappa shape index (κ1) is 17.3. The van der Waals surface area contributed by atoms with Crippen LogP contribution in [0, 0.1) is 23.7 Å². The molecule has 1 saturated carbocycles. The van der Waals surface area contributed by atoms with Crippen molar-refractivity contribution in [3.05, 3.63) is 35.9 Å². The minimum atomic E-state index is -4.49. The van der Waals surface area contributed by atoms with Crippen molar-refractivity contribution in [1.82, 2.24) is 5.32 Å². The first-order chi connectivity index (χ1) is 11.3. The lowest BCUT2D eigenvalue weighted by atomic mass is 9.59. The van der Waals surface area contributed by atoms with Gasteiger partial charge in [0.15, 0.2) is 0 Å². The Morgan fingerprint density at radius 1 is 1.21 bits per heavy atom. The van der Waals surface area contributed by atoms with E-state index in [4.69, 9.17) is 5.73 Å². The molecule has 1 heterocycles. The van der Waals surface area contributed by atoms with E-state index in [9.17, 15) is 18.0 Å². The van der Waals surface area contributed by atoms with Gasteiger partial charge in [-0.3, -0.25) is 4.79 Å². The molecule has 0 aromatic heterocycles. The highest BCUT2D eigenvalue weighted by atomic mass is 19.4. The molecule has 1 aromatic carbocycles. The van der Waals surface area contributed by atoms with Gasteiger partial charge in [-0.2, -0.15) is 13.2 Å². The van der Waals surface area contributed by atoms with E-state index in [1.165, 1.54) is 0 Å². The monoisotopic (exact) mass is 340 g/mol. The Balaban J connectivity index is 2.17. The second-order valence-electron chi connectivity index (χ2n) is 7.13. The van der Waals surface area contributed by atoms with Gasteiger partial charge in [0.1, 0.15) is 0 Å². The molecule has 1 amide bonds. The Hall–Kier alpha value is -1.56. The van der Waals surface area contributed by atoms with Gasteiger partial charge in [-0.15, -0.1) is 0 Å². The molecule has 3 rings (SSSR count). The second kappa shape index (κ2) is 6.06. The molecule has 5 atom stereocenters. The first-order valence-electron chi connectivity index (χ1n) is 8.42. The van der Waals surface area contributed by atoms with E-state index in [2.05, 4.69) is 5.32 Å². The molecular weight excluding hydrogens is 317 g/mol. The lowest BCUT2D eigenvalue weighted by molar-refractivity contribution is -0.198. The zero-order chi connectivity index (χ0) is 17.5. The van der Waals surface area contributed by atoms with Crippen molar-refractivity contribution in [3.8, 4) is 0 Å². The summed E-state index contributed by atoms with van der Waals surface area (Å²) in [5, 5.41) is 3.26. The van der Waals surface area contributed by atoms with E-state index in [-0.39, 0.29) is 5.92 Å². The molecule has 0 radical (unpaired) electrons. The summed E-state index contributed by atoms with van der Waals surface area (Å²) in [4.78, 5) is 12.6. The van der Waals surface area contributed by atoms with Gasteiger partial charge in [-0.1, -0.05) is 37.3 Å². The minimum absolute atomic E-state index is 0.0579. The largest absolute Gasteiger partial charge is 0.392 e. The highest BCUT2D eigenvalue weighted by Crippen LogP contribution is 2.55. The standard InChI is InChI=1S/C18H23F3N2O/c1-11(18(19,20)21)17(16(22)24,13-5-3-2-4-6-13)15-8-7-12-9-23-10-14(12)15/h2-6,11-12,14-15,23H,7-10H2,1H3,(H2,22,24). The normalized spacial score (nSPS) is 30.6. The second-order valence-corrected chi connectivity index (χ2v) is 7.13. The fraction of sp³-hybridized carbons (Fsp3) is 0.611. The van der Waals surface area contributed by atoms with Gasteiger partial charge in [-0.25, -0.2) is 0 Å². The summed E-state index contributed by atoms with van der Waals surface area (Å²) in [6.45, 7) is 2.57. The minimum Gasteiger partial charge on any atom is -0.369 e. The van der Waals surface area contributed by atoms with Crippen LogP contribution in [-0.4, -0.2) is 25.2 Å². The van der Waals surface area contributed by atoms with Crippen LogP contribution in [0.3, 0.4) is 0 Å². The average molecular weight is 340 g/mol. The van der Waals surface area contributed by atoms with E-state index in [1.807, 2.05) is 0 Å². The summed E-state index contributed by atoms with van der Waals surface area (Å²) in [7, 11) is 0. The van der Waals surface area contributed by atoms with Crippen molar-refractivity contribution in [3.63, 3.8) is 0 Å². The van der Waals surface area contributed by atoms with E-state index in [1.54, 1.807) is 30.3 Å². The number of hydrogen-bond donors (Lipinski definition) is 2. The number of amides is 1. The molecule has 132 valence electrons. The van der Waals surface area contributed by atoms with Crippen LogP contribution >= 0.6 is 0 Å². The van der Waals surface area contributed by atoms with E-state index >= 15 is 0 Å². The third kappa shape index (κ3) is 2.51. The maximum Gasteiger partial charge on any atom is 0.392 e. The third-order valence-electron chi connectivity index (χ3n) is 6.18. The van der Waals surface area contributed by atoms with Gasteiger partial charge < -0.3 is 11.1 Å². The van der Waals surface area contributed by atoms with Gasteiger partial charge >= 0.3 is 6.18 Å². The Morgan fingerprint density at radius 3 is 2.46 bits per heavy atom. The molecule has 3 nitrogen and oxygen atoms in total. The van der Waals surface area contributed by atoms with Crippen molar-refractivity contribution in [2.75, 3.05) is 13.1 Å². The first-order valence-corrected chi connectivity index (χ1v) is 8.42. The number of hydrogen-bond acceptors (Lipinski definition) is 2. The summed E-state index contributed by atoms with van der Waals surface area (Å²) >= 11 is 0. The van der Waals surface area contributed by atoms with Gasteiger partial charge in [-0.05, 0) is 49.2 Å². The zero-order valence-electron chi connectivity index (χ0n) is 13.6. The quantitative estimate of drug-likeness (QED) is 0.885. The topological polar surface area (TPSA) is 55.1 Å². The molecule has 24 heavy (non-hydrogen) atoms. The molecule has 0 spiro atoms. The average Bonchev–Trinajstić information content (AvgIpc) is 3.12. The molecule has 0 bridgehead atoms.